The molecule has 0 saturated heterocycles. The van der Waals surface area contributed by atoms with Gasteiger partial charge in [-0.3, -0.25) is 0 Å². The summed E-state index contributed by atoms with van der Waals surface area (Å²) in [7, 11) is 0. The molecule has 1 aliphatic rings. The van der Waals surface area contributed by atoms with Gasteiger partial charge in [0.25, 0.3) is 0 Å². The van der Waals surface area contributed by atoms with E-state index in [0.717, 1.165) is 16.1 Å². The zero-order valence-corrected chi connectivity index (χ0v) is 12.2. The monoisotopic (exact) mass is 309 g/mol. The van der Waals surface area contributed by atoms with E-state index < -0.39 is 0 Å². The molecule has 2 aromatic rings. The largest absolute Gasteiger partial charge is 0.454 e. The van der Waals surface area contributed by atoms with Gasteiger partial charge in [-0.1, -0.05) is 41.4 Å². The van der Waals surface area contributed by atoms with Crippen molar-refractivity contribution in [3.05, 3.63) is 57.6 Å². The molecule has 0 spiro atoms. The molecule has 1 heterocycles. The topological polar surface area (TPSA) is 30.5 Å². The average Bonchev–Trinajstić information content (AvgIpc) is 2.90. The highest BCUT2D eigenvalue weighted by Gasteiger charge is 2.17. The number of benzene rings is 2. The van der Waals surface area contributed by atoms with Crippen molar-refractivity contribution in [1.82, 2.24) is 5.32 Å². The number of nitrogens with one attached hydrogen (secondary N) is 1. The number of rotatable bonds is 4. The number of fused-ring (bicyclic) bond motifs is 1. The summed E-state index contributed by atoms with van der Waals surface area (Å²) in [6, 6.07) is 11.6. The van der Waals surface area contributed by atoms with Crippen LogP contribution in [0, 0.1) is 0 Å². The molecule has 1 N–H and O–H groups in total. The first kappa shape index (κ1) is 13.6. The summed E-state index contributed by atoms with van der Waals surface area (Å²) < 4.78 is 10.6. The lowest BCUT2D eigenvalue weighted by molar-refractivity contribution is 0.174. The minimum Gasteiger partial charge on any atom is -0.454 e. The minimum atomic E-state index is 0.228. The second-order valence-corrected chi connectivity index (χ2v) is 5.32. The van der Waals surface area contributed by atoms with E-state index in [9.17, 15) is 0 Å². The normalized spacial score (nSPS) is 12.7. The summed E-state index contributed by atoms with van der Waals surface area (Å²) >= 11 is 12.3. The van der Waals surface area contributed by atoms with E-state index in [-0.39, 0.29) is 6.79 Å². The predicted molar refractivity (Wildman–Crippen MR) is 79.6 cm³/mol. The van der Waals surface area contributed by atoms with Crippen LogP contribution in [0.1, 0.15) is 11.1 Å². The number of hydrogen-bond donors (Lipinski definition) is 1. The quantitative estimate of drug-likeness (QED) is 0.925. The molecular weight excluding hydrogens is 297 g/mol. The van der Waals surface area contributed by atoms with Gasteiger partial charge in [0, 0.05) is 18.1 Å². The molecule has 0 saturated carbocycles. The van der Waals surface area contributed by atoms with Crippen molar-refractivity contribution in [3.8, 4) is 11.5 Å². The molecule has 0 radical (unpaired) electrons. The zero-order valence-electron chi connectivity index (χ0n) is 10.7. The Morgan fingerprint density at radius 1 is 1.00 bits per heavy atom. The van der Waals surface area contributed by atoms with Crippen LogP contribution in [-0.2, 0) is 13.1 Å². The van der Waals surface area contributed by atoms with Crippen LogP contribution >= 0.6 is 23.2 Å². The van der Waals surface area contributed by atoms with E-state index in [0.29, 0.717) is 29.6 Å². The van der Waals surface area contributed by atoms with Crippen molar-refractivity contribution in [3.63, 3.8) is 0 Å². The highest BCUT2D eigenvalue weighted by Crippen LogP contribution is 2.39. The van der Waals surface area contributed by atoms with Crippen LogP contribution < -0.4 is 14.8 Å². The Balaban J connectivity index is 1.65. The Morgan fingerprint density at radius 2 is 1.85 bits per heavy atom. The van der Waals surface area contributed by atoms with E-state index in [2.05, 4.69) is 5.32 Å². The van der Waals surface area contributed by atoms with Crippen molar-refractivity contribution in [2.24, 2.45) is 0 Å². The van der Waals surface area contributed by atoms with Gasteiger partial charge in [-0.2, -0.15) is 0 Å². The lowest BCUT2D eigenvalue weighted by Crippen LogP contribution is -2.12. The summed E-state index contributed by atoms with van der Waals surface area (Å²) in [6.45, 7) is 1.61. The lowest BCUT2D eigenvalue weighted by Gasteiger charge is -2.08. The fourth-order valence-corrected chi connectivity index (χ4v) is 2.60. The van der Waals surface area contributed by atoms with Crippen LogP contribution in [0.2, 0.25) is 10.0 Å². The molecule has 5 heteroatoms. The van der Waals surface area contributed by atoms with Crippen LogP contribution in [0.5, 0.6) is 11.5 Å². The highest BCUT2D eigenvalue weighted by atomic mass is 35.5. The van der Waals surface area contributed by atoms with Gasteiger partial charge in [0.1, 0.15) is 0 Å². The summed E-state index contributed by atoms with van der Waals surface area (Å²) in [6.07, 6.45) is 0. The van der Waals surface area contributed by atoms with E-state index in [1.807, 2.05) is 36.4 Å². The van der Waals surface area contributed by atoms with Crippen LogP contribution in [0.3, 0.4) is 0 Å². The summed E-state index contributed by atoms with van der Waals surface area (Å²) in [5.74, 6) is 1.33. The van der Waals surface area contributed by atoms with Crippen molar-refractivity contribution in [1.29, 1.82) is 0 Å². The smallest absolute Gasteiger partial charge is 0.231 e. The molecule has 0 aromatic heterocycles. The fraction of sp³-hybridized carbons (Fsp3) is 0.200. The third-order valence-electron chi connectivity index (χ3n) is 3.09. The molecule has 20 heavy (non-hydrogen) atoms. The Kier molecular flexibility index (Phi) is 4.01. The molecule has 3 nitrogen and oxygen atoms in total. The maximum absolute atomic E-state index is 6.14. The van der Waals surface area contributed by atoms with Gasteiger partial charge in [-0.25, -0.2) is 0 Å². The van der Waals surface area contributed by atoms with Crippen molar-refractivity contribution in [2.45, 2.75) is 13.1 Å². The van der Waals surface area contributed by atoms with Gasteiger partial charge in [0.15, 0.2) is 11.5 Å². The summed E-state index contributed by atoms with van der Waals surface area (Å²) in [4.78, 5) is 0. The first-order valence-electron chi connectivity index (χ1n) is 6.26. The molecule has 0 aliphatic carbocycles. The van der Waals surface area contributed by atoms with Crippen molar-refractivity contribution >= 4 is 23.2 Å². The SMILES string of the molecule is Clc1ccccc1CNCc1cc(Cl)c2c(c1)OCO2. The molecule has 0 unspecified atom stereocenters. The average molecular weight is 310 g/mol. The van der Waals surface area contributed by atoms with Gasteiger partial charge in [-0.15, -0.1) is 0 Å². The number of ether oxygens (including phenoxy) is 2. The van der Waals surface area contributed by atoms with Gasteiger partial charge in [0.05, 0.1) is 5.02 Å². The van der Waals surface area contributed by atoms with Gasteiger partial charge >= 0.3 is 0 Å². The van der Waals surface area contributed by atoms with Gasteiger partial charge in [0.2, 0.25) is 6.79 Å². The molecule has 3 rings (SSSR count). The summed E-state index contributed by atoms with van der Waals surface area (Å²) in [5.41, 5.74) is 2.12. The second kappa shape index (κ2) is 5.92. The van der Waals surface area contributed by atoms with Crippen molar-refractivity contribution in [2.75, 3.05) is 6.79 Å². The first-order chi connectivity index (χ1) is 9.74. The molecule has 2 aromatic carbocycles. The number of hydrogen-bond acceptors (Lipinski definition) is 3. The fourth-order valence-electron chi connectivity index (χ4n) is 2.11. The maximum Gasteiger partial charge on any atom is 0.231 e. The van der Waals surface area contributed by atoms with Crippen LogP contribution in [0.25, 0.3) is 0 Å². The van der Waals surface area contributed by atoms with Crippen LogP contribution in [0.4, 0.5) is 0 Å². The Labute approximate surface area is 127 Å². The zero-order chi connectivity index (χ0) is 13.9. The molecule has 1 aliphatic heterocycles. The minimum absolute atomic E-state index is 0.228. The Morgan fingerprint density at radius 3 is 2.70 bits per heavy atom. The summed E-state index contributed by atoms with van der Waals surface area (Å²) in [5, 5.41) is 4.68. The molecule has 104 valence electrons. The van der Waals surface area contributed by atoms with E-state index in [1.165, 1.54) is 0 Å². The standard InChI is InChI=1S/C15H13Cl2NO2/c16-12-4-2-1-3-11(12)8-18-7-10-5-13(17)15-14(6-10)19-9-20-15/h1-6,18H,7-9H2. The lowest BCUT2D eigenvalue weighted by atomic mass is 10.2. The van der Waals surface area contributed by atoms with Crippen LogP contribution in [0.15, 0.2) is 36.4 Å². The molecule has 0 amide bonds. The Bertz CT molecular complexity index is 631. The van der Waals surface area contributed by atoms with Gasteiger partial charge < -0.3 is 14.8 Å². The molecule has 0 fully saturated rings. The first-order valence-corrected chi connectivity index (χ1v) is 7.02. The molecule has 0 atom stereocenters. The third kappa shape index (κ3) is 2.85. The van der Waals surface area contributed by atoms with Crippen molar-refractivity contribution < 1.29 is 9.47 Å². The van der Waals surface area contributed by atoms with E-state index in [1.54, 1.807) is 0 Å². The number of halogens is 2. The van der Waals surface area contributed by atoms with E-state index >= 15 is 0 Å². The van der Waals surface area contributed by atoms with Crippen LogP contribution in [-0.4, -0.2) is 6.79 Å². The molecular formula is C15H13Cl2NO2. The van der Waals surface area contributed by atoms with Gasteiger partial charge in [-0.05, 0) is 29.3 Å². The highest BCUT2D eigenvalue weighted by molar-refractivity contribution is 6.32. The van der Waals surface area contributed by atoms with E-state index in [4.69, 9.17) is 32.7 Å². The Hall–Kier alpha value is -1.42. The predicted octanol–water partition coefficient (Wildman–Crippen LogP) is 4.01. The maximum atomic E-state index is 6.14. The molecule has 0 bridgehead atoms. The second-order valence-electron chi connectivity index (χ2n) is 4.51. The third-order valence-corrected chi connectivity index (χ3v) is 3.74.